The van der Waals surface area contributed by atoms with Gasteiger partial charge in [0.2, 0.25) is 0 Å². The molecule has 1 saturated heterocycles. The van der Waals surface area contributed by atoms with Gasteiger partial charge in [0.15, 0.2) is 11.6 Å². The van der Waals surface area contributed by atoms with Gasteiger partial charge in [-0.05, 0) is 26.8 Å². The number of hydrogen-bond acceptors (Lipinski definition) is 4. The molecule has 0 saturated carbocycles. The summed E-state index contributed by atoms with van der Waals surface area (Å²) in [6.07, 6.45) is -0.155. The Labute approximate surface area is 149 Å². The van der Waals surface area contributed by atoms with Gasteiger partial charge in [-0.1, -0.05) is 12.1 Å². The Bertz CT molecular complexity index is 671. The second-order valence-electron chi connectivity index (χ2n) is 7.53. The predicted octanol–water partition coefficient (Wildman–Crippen LogP) is 2.82. The molecule has 2 heterocycles. The van der Waals surface area contributed by atoms with Gasteiger partial charge in [-0.25, -0.2) is 9.18 Å². The number of para-hydroxylation sites is 1. The molecule has 2 atom stereocenters. The number of piperidine rings is 1. The van der Waals surface area contributed by atoms with Crippen molar-refractivity contribution in [3.63, 3.8) is 0 Å². The first-order chi connectivity index (χ1) is 11.6. The van der Waals surface area contributed by atoms with E-state index in [2.05, 4.69) is 4.72 Å². The predicted molar refractivity (Wildman–Crippen MR) is 92.4 cm³/mol. The number of likely N-dealkylation sites (tertiary alicyclic amines) is 1. The molecule has 1 aromatic rings. The third-order valence-electron chi connectivity index (χ3n) is 4.80. The Kier molecular flexibility index (Phi) is 4.63. The highest BCUT2D eigenvalue weighted by Gasteiger charge is 2.54. The second-order valence-corrected chi connectivity index (χ2v) is 9.52. The summed E-state index contributed by atoms with van der Waals surface area (Å²) in [4.78, 5) is 12.5. The topological polar surface area (TPSA) is 84.9 Å². The summed E-state index contributed by atoms with van der Waals surface area (Å²) in [6.45, 7) is 6.17. The summed E-state index contributed by atoms with van der Waals surface area (Å²) in [6, 6.07) is 4.27. The molecule has 2 N–H and O–H groups in total. The van der Waals surface area contributed by atoms with Crippen molar-refractivity contribution in [2.45, 2.75) is 50.0 Å². The first-order valence-electron chi connectivity index (χ1n) is 8.27. The van der Waals surface area contributed by atoms with Gasteiger partial charge in [-0.2, -0.15) is 0 Å². The Morgan fingerprint density at radius 3 is 2.64 bits per heavy atom. The number of rotatable bonds is 2. The molecule has 0 radical (unpaired) electrons. The number of carbonyl (C=O) groups is 1. The molecular formula is C17H23FN2O4S. The molecule has 138 valence electrons. The second kappa shape index (κ2) is 6.34. The molecule has 1 spiro atoms. The van der Waals surface area contributed by atoms with E-state index < -0.39 is 39.7 Å². The molecule has 0 bridgehead atoms. The van der Waals surface area contributed by atoms with Crippen molar-refractivity contribution in [2.75, 3.05) is 13.1 Å². The van der Waals surface area contributed by atoms with Crippen LogP contribution in [-0.2, 0) is 11.4 Å². The molecule has 25 heavy (non-hydrogen) atoms. The van der Waals surface area contributed by atoms with Gasteiger partial charge in [0.05, 0.1) is 0 Å². The zero-order valence-corrected chi connectivity index (χ0v) is 15.4. The van der Waals surface area contributed by atoms with E-state index in [1.165, 1.54) is 11.0 Å². The summed E-state index contributed by atoms with van der Waals surface area (Å²) in [5.41, 5.74) is -0.154. The van der Waals surface area contributed by atoms with Crippen LogP contribution in [0.2, 0.25) is 0 Å². The lowest BCUT2D eigenvalue weighted by atomic mass is 9.83. The Morgan fingerprint density at radius 2 is 2.08 bits per heavy atom. The smallest absolute Gasteiger partial charge is 0.407 e. The van der Waals surface area contributed by atoms with E-state index in [4.69, 9.17) is 9.84 Å². The van der Waals surface area contributed by atoms with Gasteiger partial charge in [0.1, 0.15) is 16.4 Å². The third kappa shape index (κ3) is 3.30. The number of halogens is 1. The number of nitrogens with one attached hydrogen (secondary N) is 1. The molecule has 6 nitrogen and oxygen atoms in total. The van der Waals surface area contributed by atoms with Gasteiger partial charge >= 0.3 is 6.09 Å². The monoisotopic (exact) mass is 370 g/mol. The summed E-state index contributed by atoms with van der Waals surface area (Å²) in [7, 11) is 0. The zero-order chi connectivity index (χ0) is 18.4. The molecule has 0 aromatic heterocycles. The van der Waals surface area contributed by atoms with Crippen molar-refractivity contribution in [3.05, 3.63) is 29.6 Å². The van der Waals surface area contributed by atoms with Gasteiger partial charge in [-0.15, -0.1) is 4.72 Å². The first-order valence-corrected chi connectivity index (χ1v) is 9.42. The first kappa shape index (κ1) is 18.3. The van der Waals surface area contributed by atoms with E-state index >= 15 is 0 Å². The van der Waals surface area contributed by atoms with Gasteiger partial charge in [-0.3, -0.25) is 0 Å². The Morgan fingerprint density at radius 1 is 1.44 bits per heavy atom. The molecule has 2 aliphatic rings. The lowest BCUT2D eigenvalue weighted by molar-refractivity contribution is -0.00103. The maximum absolute atomic E-state index is 14.2. The van der Waals surface area contributed by atoms with Crippen LogP contribution in [-0.4, -0.2) is 44.1 Å². The van der Waals surface area contributed by atoms with Crippen LogP contribution in [0.3, 0.4) is 0 Å². The molecule has 2 aliphatic heterocycles. The maximum Gasteiger partial charge on any atom is 0.407 e. The van der Waals surface area contributed by atoms with Crippen LogP contribution in [0.1, 0.15) is 45.2 Å². The lowest BCUT2D eigenvalue weighted by Crippen LogP contribution is -2.55. The van der Waals surface area contributed by atoms with E-state index in [-0.39, 0.29) is 5.75 Å². The molecule has 1 aromatic carbocycles. The highest BCUT2D eigenvalue weighted by molar-refractivity contribution is 7.90. The maximum atomic E-state index is 14.2. The summed E-state index contributed by atoms with van der Waals surface area (Å²) >= 11 is -1.37. The fourth-order valence-corrected chi connectivity index (χ4v) is 4.24. The molecule has 0 aliphatic carbocycles. The zero-order valence-electron chi connectivity index (χ0n) is 14.5. The highest BCUT2D eigenvalue weighted by Crippen LogP contribution is 2.50. The third-order valence-corrected chi connectivity index (χ3v) is 6.36. The highest BCUT2D eigenvalue weighted by atomic mass is 32.2. The Hall–Kier alpha value is -1.51. The van der Waals surface area contributed by atoms with Crippen LogP contribution >= 0.6 is 0 Å². The molecular weight excluding hydrogens is 347 g/mol. The number of amides is 1. The summed E-state index contributed by atoms with van der Waals surface area (Å²) in [5, 5.41) is 9.17. The minimum atomic E-state index is -1.37. The number of ether oxygens (including phenoxy) is 1. The quantitative estimate of drug-likeness (QED) is 0.782. The SMILES string of the molecule is CC(C)(C)[S@@+]([O-])N[C@@H]1c2cccc(F)c2OC12CCN(C(=O)O)CC2. The van der Waals surface area contributed by atoms with Crippen molar-refractivity contribution in [2.24, 2.45) is 0 Å². The van der Waals surface area contributed by atoms with Crippen molar-refractivity contribution in [3.8, 4) is 5.75 Å². The van der Waals surface area contributed by atoms with Crippen LogP contribution in [0.15, 0.2) is 18.2 Å². The minimum Gasteiger partial charge on any atom is -0.598 e. The fraction of sp³-hybridized carbons (Fsp3) is 0.588. The normalized spacial score (nSPS) is 23.2. The van der Waals surface area contributed by atoms with E-state index in [1.807, 2.05) is 20.8 Å². The molecule has 8 heteroatoms. The molecule has 3 rings (SSSR count). The van der Waals surface area contributed by atoms with Crippen LogP contribution < -0.4 is 9.46 Å². The van der Waals surface area contributed by atoms with Crippen molar-refractivity contribution >= 4 is 17.5 Å². The average Bonchev–Trinajstić information content (AvgIpc) is 2.82. The summed E-state index contributed by atoms with van der Waals surface area (Å²) in [5.74, 6) is -0.280. The largest absolute Gasteiger partial charge is 0.598 e. The van der Waals surface area contributed by atoms with E-state index in [0.29, 0.717) is 31.5 Å². The number of nitrogens with zero attached hydrogens (tertiary/aromatic N) is 1. The Balaban J connectivity index is 1.92. The fourth-order valence-electron chi connectivity index (χ4n) is 3.33. The van der Waals surface area contributed by atoms with E-state index in [1.54, 1.807) is 12.1 Å². The van der Waals surface area contributed by atoms with Crippen LogP contribution in [0.5, 0.6) is 5.75 Å². The number of benzene rings is 1. The van der Waals surface area contributed by atoms with Gasteiger partial charge < -0.3 is 19.3 Å². The molecule has 1 fully saturated rings. The standard InChI is InChI=1S/C17H23FN2O4S/c1-16(2,3)25(23)19-14-11-5-4-6-12(18)13(11)24-17(14)7-9-20(10-8-17)15(21)22/h4-6,14,19H,7-10H2,1-3H3,(H,21,22)/t14-,25-/m1/s1. The van der Waals surface area contributed by atoms with Crippen molar-refractivity contribution in [1.29, 1.82) is 0 Å². The average molecular weight is 370 g/mol. The van der Waals surface area contributed by atoms with Crippen LogP contribution in [0, 0.1) is 5.82 Å². The number of fused-ring (bicyclic) bond motifs is 1. The van der Waals surface area contributed by atoms with E-state index in [9.17, 15) is 13.7 Å². The van der Waals surface area contributed by atoms with Crippen LogP contribution in [0.25, 0.3) is 0 Å². The van der Waals surface area contributed by atoms with Crippen molar-refractivity contribution in [1.82, 2.24) is 9.62 Å². The molecule has 0 unspecified atom stereocenters. The van der Waals surface area contributed by atoms with Gasteiger partial charge in [0, 0.05) is 42.9 Å². The number of hydrogen-bond donors (Lipinski definition) is 2. The lowest BCUT2D eigenvalue weighted by Gasteiger charge is -2.41. The molecule has 1 amide bonds. The van der Waals surface area contributed by atoms with Crippen LogP contribution in [0.4, 0.5) is 9.18 Å². The summed E-state index contributed by atoms with van der Waals surface area (Å²) < 4.78 is 35.6. The van der Waals surface area contributed by atoms with Gasteiger partial charge in [0.25, 0.3) is 0 Å². The number of carboxylic acid groups (broad SMARTS) is 1. The minimum absolute atomic E-state index is 0.176. The van der Waals surface area contributed by atoms with E-state index in [0.717, 1.165) is 0 Å². The van der Waals surface area contributed by atoms with Crippen molar-refractivity contribution < 1.29 is 23.6 Å².